The van der Waals surface area contributed by atoms with Crippen molar-refractivity contribution >= 4 is 0 Å². The molecule has 0 unspecified atom stereocenters. The summed E-state index contributed by atoms with van der Waals surface area (Å²) in [7, 11) is 0. The first-order chi connectivity index (χ1) is 5.33. The minimum absolute atomic E-state index is 0.147. The van der Waals surface area contributed by atoms with Crippen LogP contribution >= 0.6 is 0 Å². The van der Waals surface area contributed by atoms with E-state index in [4.69, 9.17) is 9.78 Å². The molecule has 0 aromatic carbocycles. The molecule has 1 saturated heterocycles. The molecule has 1 heterocycles. The lowest BCUT2D eigenvalue weighted by Gasteiger charge is -2.03. The highest BCUT2D eigenvalue weighted by Gasteiger charge is 2.46. The van der Waals surface area contributed by atoms with Crippen molar-refractivity contribution in [2.75, 3.05) is 0 Å². The predicted octanol–water partition coefficient (Wildman–Crippen LogP) is 3.02. The van der Waals surface area contributed by atoms with Crippen LogP contribution < -0.4 is 0 Å². The van der Waals surface area contributed by atoms with Crippen LogP contribution in [0.2, 0.25) is 0 Å². The molecule has 0 amide bonds. The molecule has 1 aliphatic heterocycles. The van der Waals surface area contributed by atoms with E-state index in [1.807, 2.05) is 0 Å². The van der Waals surface area contributed by atoms with Crippen LogP contribution in [0, 0.1) is 0 Å². The zero-order valence-electron chi connectivity index (χ0n) is 7.56. The first-order valence-electron chi connectivity index (χ1n) is 4.70. The molecule has 0 radical (unpaired) electrons. The fourth-order valence-electron chi connectivity index (χ4n) is 1.24. The van der Waals surface area contributed by atoms with Crippen molar-refractivity contribution in [3.8, 4) is 0 Å². The van der Waals surface area contributed by atoms with Gasteiger partial charge in [0.05, 0.1) is 0 Å². The molecule has 2 heteroatoms. The first-order valence-corrected chi connectivity index (χ1v) is 4.70. The lowest BCUT2D eigenvalue weighted by molar-refractivity contribution is 0.0850. The monoisotopic (exact) mass is 158 g/mol. The van der Waals surface area contributed by atoms with Crippen LogP contribution in [-0.2, 0) is 9.78 Å². The average molecular weight is 158 g/mol. The zero-order chi connectivity index (χ0) is 8.16. The Bertz CT molecular complexity index is 98.1. The van der Waals surface area contributed by atoms with Crippen molar-refractivity contribution in [3.63, 3.8) is 0 Å². The summed E-state index contributed by atoms with van der Waals surface area (Å²) in [5, 5.41) is 0. The lowest BCUT2D eigenvalue weighted by atomic mass is 10.0. The van der Waals surface area contributed by atoms with Gasteiger partial charge in [-0.1, -0.05) is 26.7 Å². The van der Waals surface area contributed by atoms with Crippen LogP contribution in [0.15, 0.2) is 0 Å². The second kappa shape index (κ2) is 4.07. The molecule has 0 bridgehead atoms. The molecule has 1 rings (SSSR count). The van der Waals surface area contributed by atoms with Gasteiger partial charge < -0.3 is 0 Å². The minimum Gasteiger partial charge on any atom is -0.195 e. The maximum Gasteiger partial charge on any atom is 0.234 e. The van der Waals surface area contributed by atoms with Crippen LogP contribution in [0.1, 0.15) is 52.4 Å². The molecule has 0 aromatic rings. The van der Waals surface area contributed by atoms with Gasteiger partial charge in [-0.3, -0.25) is 0 Å². The quantitative estimate of drug-likeness (QED) is 0.438. The molecule has 1 aliphatic rings. The maximum absolute atomic E-state index is 5.00. The molecule has 1 fully saturated rings. The highest BCUT2D eigenvalue weighted by Crippen LogP contribution is 2.39. The van der Waals surface area contributed by atoms with Crippen molar-refractivity contribution < 1.29 is 9.78 Å². The number of hydrogen-bond acceptors (Lipinski definition) is 2. The Morgan fingerprint density at radius 3 is 1.64 bits per heavy atom. The molecule has 0 spiro atoms. The SMILES string of the molecule is CCCCC1(CCCC)OO1. The van der Waals surface area contributed by atoms with E-state index < -0.39 is 0 Å². The van der Waals surface area contributed by atoms with E-state index in [0.717, 1.165) is 12.8 Å². The van der Waals surface area contributed by atoms with Gasteiger partial charge in [0, 0.05) is 12.8 Å². The third-order valence-corrected chi connectivity index (χ3v) is 2.14. The van der Waals surface area contributed by atoms with Gasteiger partial charge >= 0.3 is 0 Å². The molecular weight excluding hydrogens is 140 g/mol. The van der Waals surface area contributed by atoms with E-state index in [2.05, 4.69) is 13.8 Å². The summed E-state index contributed by atoms with van der Waals surface area (Å²) in [6.07, 6.45) is 7.02. The van der Waals surface area contributed by atoms with E-state index in [9.17, 15) is 0 Å². The van der Waals surface area contributed by atoms with Crippen LogP contribution in [0.3, 0.4) is 0 Å². The zero-order valence-corrected chi connectivity index (χ0v) is 7.56. The summed E-state index contributed by atoms with van der Waals surface area (Å²) < 4.78 is 0. The summed E-state index contributed by atoms with van der Waals surface area (Å²) in [5.74, 6) is -0.147. The van der Waals surface area contributed by atoms with Gasteiger partial charge in [0.15, 0.2) is 0 Å². The summed E-state index contributed by atoms with van der Waals surface area (Å²) in [6.45, 7) is 4.38. The summed E-state index contributed by atoms with van der Waals surface area (Å²) >= 11 is 0. The first kappa shape index (κ1) is 9.01. The largest absolute Gasteiger partial charge is 0.234 e. The van der Waals surface area contributed by atoms with Gasteiger partial charge in [0.1, 0.15) is 0 Å². The smallest absolute Gasteiger partial charge is 0.195 e. The Labute approximate surface area is 68.8 Å². The van der Waals surface area contributed by atoms with Crippen LogP contribution in [-0.4, -0.2) is 5.79 Å². The molecule has 0 N–H and O–H groups in total. The van der Waals surface area contributed by atoms with Gasteiger partial charge in [-0.15, -0.1) is 0 Å². The Balaban J connectivity index is 2.08. The standard InChI is InChI=1S/C9H18O2/c1-3-5-7-9(10-11-9)8-6-4-2/h3-8H2,1-2H3. The molecular formula is C9H18O2. The molecule has 0 atom stereocenters. The van der Waals surface area contributed by atoms with E-state index in [1.54, 1.807) is 0 Å². The van der Waals surface area contributed by atoms with Crippen molar-refractivity contribution in [1.29, 1.82) is 0 Å². The van der Waals surface area contributed by atoms with Gasteiger partial charge in [-0.05, 0) is 12.8 Å². The average Bonchev–Trinajstić information content (AvgIpc) is 2.79. The summed E-state index contributed by atoms with van der Waals surface area (Å²) in [5.41, 5.74) is 0. The fraction of sp³-hybridized carbons (Fsp3) is 1.00. The number of rotatable bonds is 6. The van der Waals surface area contributed by atoms with Crippen LogP contribution in [0.5, 0.6) is 0 Å². The maximum atomic E-state index is 5.00. The Hall–Kier alpha value is -0.0800. The Kier molecular flexibility index (Phi) is 3.34. The van der Waals surface area contributed by atoms with Gasteiger partial charge in [-0.2, -0.15) is 9.78 Å². The third kappa shape index (κ3) is 2.80. The molecule has 0 aliphatic carbocycles. The third-order valence-electron chi connectivity index (χ3n) is 2.14. The minimum atomic E-state index is -0.147. The van der Waals surface area contributed by atoms with Crippen molar-refractivity contribution in [1.82, 2.24) is 0 Å². The molecule has 0 aromatic heterocycles. The fourth-order valence-corrected chi connectivity index (χ4v) is 1.24. The van der Waals surface area contributed by atoms with Gasteiger partial charge in [0.2, 0.25) is 5.79 Å². The topological polar surface area (TPSA) is 25.1 Å². The number of hydrogen-bond donors (Lipinski definition) is 0. The molecule has 66 valence electrons. The van der Waals surface area contributed by atoms with E-state index >= 15 is 0 Å². The highest BCUT2D eigenvalue weighted by molar-refractivity contribution is 4.73. The van der Waals surface area contributed by atoms with Crippen molar-refractivity contribution in [2.45, 2.75) is 58.2 Å². The van der Waals surface area contributed by atoms with Gasteiger partial charge in [0.25, 0.3) is 0 Å². The van der Waals surface area contributed by atoms with Gasteiger partial charge in [-0.25, -0.2) is 0 Å². The molecule has 11 heavy (non-hydrogen) atoms. The Morgan fingerprint density at radius 1 is 0.909 bits per heavy atom. The summed E-state index contributed by atoms with van der Waals surface area (Å²) in [6, 6.07) is 0. The van der Waals surface area contributed by atoms with Crippen LogP contribution in [0.25, 0.3) is 0 Å². The molecule has 0 saturated carbocycles. The second-order valence-corrected chi connectivity index (χ2v) is 3.28. The number of unbranched alkanes of at least 4 members (excludes halogenated alkanes) is 2. The predicted molar refractivity (Wildman–Crippen MR) is 44.0 cm³/mol. The Morgan fingerprint density at radius 2 is 1.36 bits per heavy atom. The van der Waals surface area contributed by atoms with Crippen LogP contribution in [0.4, 0.5) is 0 Å². The molecule has 2 nitrogen and oxygen atoms in total. The highest BCUT2D eigenvalue weighted by atomic mass is 17.4. The van der Waals surface area contributed by atoms with E-state index in [1.165, 1.54) is 25.7 Å². The van der Waals surface area contributed by atoms with E-state index in [-0.39, 0.29) is 5.79 Å². The van der Waals surface area contributed by atoms with Crippen molar-refractivity contribution in [2.24, 2.45) is 0 Å². The summed E-state index contributed by atoms with van der Waals surface area (Å²) in [4.78, 5) is 10.0. The van der Waals surface area contributed by atoms with Crippen molar-refractivity contribution in [3.05, 3.63) is 0 Å². The van der Waals surface area contributed by atoms with E-state index in [0.29, 0.717) is 0 Å². The second-order valence-electron chi connectivity index (χ2n) is 3.28. The lowest BCUT2D eigenvalue weighted by Crippen LogP contribution is -2.09. The normalized spacial score (nSPS) is 20.2.